The summed E-state index contributed by atoms with van der Waals surface area (Å²) in [6, 6.07) is 13.4. The van der Waals surface area contributed by atoms with E-state index in [1.54, 1.807) is 0 Å². The van der Waals surface area contributed by atoms with Gasteiger partial charge < -0.3 is 10.5 Å². The molecule has 0 aliphatic carbocycles. The molecule has 0 saturated heterocycles. The first-order valence-corrected chi connectivity index (χ1v) is 6.62. The van der Waals surface area contributed by atoms with Crippen LogP contribution in [0.5, 0.6) is 5.75 Å². The molecule has 0 unspecified atom stereocenters. The Morgan fingerprint density at radius 3 is 2.53 bits per heavy atom. The SMILES string of the molecule is Cc1ccc(Cl)c(OCc2ccc(C(N)=S)cc2)c1. The molecule has 0 fully saturated rings. The molecule has 0 bridgehead atoms. The van der Waals surface area contributed by atoms with Crippen molar-refractivity contribution < 1.29 is 4.74 Å². The summed E-state index contributed by atoms with van der Waals surface area (Å²) in [6.07, 6.45) is 0. The van der Waals surface area contributed by atoms with Crippen LogP contribution in [0.15, 0.2) is 42.5 Å². The molecule has 2 aromatic rings. The number of aryl methyl sites for hydroxylation is 1. The predicted molar refractivity (Wildman–Crippen MR) is 82.9 cm³/mol. The maximum absolute atomic E-state index is 6.07. The molecular weight excluding hydrogens is 278 g/mol. The minimum atomic E-state index is 0.397. The van der Waals surface area contributed by atoms with Crippen molar-refractivity contribution >= 4 is 28.8 Å². The number of thiocarbonyl (C=S) groups is 1. The summed E-state index contributed by atoms with van der Waals surface area (Å²) >= 11 is 11.0. The van der Waals surface area contributed by atoms with Gasteiger partial charge in [0.15, 0.2) is 0 Å². The zero-order valence-electron chi connectivity index (χ0n) is 10.5. The van der Waals surface area contributed by atoms with E-state index < -0.39 is 0 Å². The van der Waals surface area contributed by atoms with E-state index in [1.165, 1.54) is 0 Å². The Morgan fingerprint density at radius 1 is 1.21 bits per heavy atom. The second kappa shape index (κ2) is 6.04. The van der Waals surface area contributed by atoms with Gasteiger partial charge in [-0.25, -0.2) is 0 Å². The second-order valence-corrected chi connectivity index (χ2v) is 5.13. The Bertz CT molecular complexity index is 596. The second-order valence-electron chi connectivity index (χ2n) is 4.28. The summed E-state index contributed by atoms with van der Waals surface area (Å²) in [5.41, 5.74) is 8.56. The fraction of sp³-hybridized carbons (Fsp3) is 0.133. The summed E-state index contributed by atoms with van der Waals surface area (Å²) in [6.45, 7) is 2.46. The monoisotopic (exact) mass is 291 g/mol. The van der Waals surface area contributed by atoms with Crippen LogP contribution in [0.1, 0.15) is 16.7 Å². The molecule has 4 heteroatoms. The van der Waals surface area contributed by atoms with Crippen LogP contribution in [0.25, 0.3) is 0 Å². The van der Waals surface area contributed by atoms with Gasteiger partial charge in [0, 0.05) is 5.56 Å². The van der Waals surface area contributed by atoms with E-state index in [4.69, 9.17) is 34.3 Å². The molecule has 2 rings (SSSR count). The van der Waals surface area contributed by atoms with Gasteiger partial charge in [-0.15, -0.1) is 0 Å². The van der Waals surface area contributed by atoms with Crippen LogP contribution < -0.4 is 10.5 Å². The highest BCUT2D eigenvalue weighted by atomic mass is 35.5. The van der Waals surface area contributed by atoms with Crippen molar-refractivity contribution in [3.63, 3.8) is 0 Å². The summed E-state index contributed by atoms with van der Waals surface area (Å²) in [4.78, 5) is 0.397. The Kier molecular flexibility index (Phi) is 4.40. The Labute approximate surface area is 123 Å². The molecule has 0 aliphatic rings. The van der Waals surface area contributed by atoms with E-state index in [2.05, 4.69) is 0 Å². The van der Waals surface area contributed by atoms with E-state index in [0.29, 0.717) is 22.4 Å². The van der Waals surface area contributed by atoms with Gasteiger partial charge in [-0.1, -0.05) is 54.2 Å². The third kappa shape index (κ3) is 3.69. The fourth-order valence-corrected chi connectivity index (χ4v) is 1.96. The molecule has 0 spiro atoms. The van der Waals surface area contributed by atoms with Gasteiger partial charge in [0.1, 0.15) is 17.3 Å². The zero-order chi connectivity index (χ0) is 13.8. The van der Waals surface area contributed by atoms with Crippen molar-refractivity contribution in [1.29, 1.82) is 0 Å². The molecule has 0 heterocycles. The first-order chi connectivity index (χ1) is 9.06. The molecule has 0 aliphatic heterocycles. The number of hydrogen-bond acceptors (Lipinski definition) is 2. The highest BCUT2D eigenvalue weighted by Gasteiger charge is 2.03. The van der Waals surface area contributed by atoms with Crippen LogP contribution in [0.3, 0.4) is 0 Å². The number of rotatable bonds is 4. The molecule has 0 atom stereocenters. The Hall–Kier alpha value is -1.58. The zero-order valence-corrected chi connectivity index (χ0v) is 12.1. The first-order valence-electron chi connectivity index (χ1n) is 5.84. The molecule has 2 nitrogen and oxygen atoms in total. The Balaban J connectivity index is 2.06. The molecule has 0 saturated carbocycles. The molecule has 0 amide bonds. The van der Waals surface area contributed by atoms with Gasteiger partial charge in [-0.3, -0.25) is 0 Å². The van der Waals surface area contributed by atoms with Crippen LogP contribution in [0.2, 0.25) is 5.02 Å². The average molecular weight is 292 g/mol. The van der Waals surface area contributed by atoms with Gasteiger partial charge in [-0.2, -0.15) is 0 Å². The number of halogens is 1. The lowest BCUT2D eigenvalue weighted by molar-refractivity contribution is 0.306. The standard InChI is InChI=1S/C15H14ClNOS/c1-10-2-7-13(16)14(8-10)18-9-11-3-5-12(6-4-11)15(17)19/h2-8H,9H2,1H3,(H2,17,19). The minimum absolute atomic E-state index is 0.397. The van der Waals surface area contributed by atoms with Crippen molar-refractivity contribution in [2.24, 2.45) is 5.73 Å². The Morgan fingerprint density at radius 2 is 1.89 bits per heavy atom. The van der Waals surface area contributed by atoms with E-state index >= 15 is 0 Å². The normalized spacial score (nSPS) is 10.2. The number of benzene rings is 2. The van der Waals surface area contributed by atoms with Crippen LogP contribution in [-0.2, 0) is 6.61 Å². The van der Waals surface area contributed by atoms with E-state index in [1.807, 2.05) is 49.4 Å². The highest BCUT2D eigenvalue weighted by Crippen LogP contribution is 2.26. The van der Waals surface area contributed by atoms with Gasteiger partial charge >= 0.3 is 0 Å². The fourth-order valence-electron chi connectivity index (χ4n) is 1.65. The van der Waals surface area contributed by atoms with Crippen molar-refractivity contribution in [2.75, 3.05) is 0 Å². The molecule has 98 valence electrons. The van der Waals surface area contributed by atoms with E-state index in [9.17, 15) is 0 Å². The summed E-state index contributed by atoms with van der Waals surface area (Å²) < 4.78 is 5.71. The predicted octanol–water partition coefficient (Wildman–Crippen LogP) is 3.86. The minimum Gasteiger partial charge on any atom is -0.487 e. The highest BCUT2D eigenvalue weighted by molar-refractivity contribution is 7.80. The third-order valence-corrected chi connectivity index (χ3v) is 3.27. The maximum Gasteiger partial charge on any atom is 0.138 e. The quantitative estimate of drug-likeness (QED) is 0.869. The van der Waals surface area contributed by atoms with Gasteiger partial charge in [0.2, 0.25) is 0 Å². The number of nitrogens with two attached hydrogens (primary N) is 1. The van der Waals surface area contributed by atoms with Crippen LogP contribution >= 0.6 is 23.8 Å². The van der Waals surface area contributed by atoms with E-state index in [0.717, 1.165) is 16.7 Å². The molecule has 19 heavy (non-hydrogen) atoms. The summed E-state index contributed by atoms with van der Waals surface area (Å²) in [7, 11) is 0. The third-order valence-electron chi connectivity index (χ3n) is 2.72. The summed E-state index contributed by atoms with van der Waals surface area (Å²) in [5.74, 6) is 0.695. The van der Waals surface area contributed by atoms with Crippen LogP contribution in [0.4, 0.5) is 0 Å². The lowest BCUT2D eigenvalue weighted by atomic mass is 10.1. The largest absolute Gasteiger partial charge is 0.487 e. The lowest BCUT2D eigenvalue weighted by Gasteiger charge is -2.09. The van der Waals surface area contributed by atoms with Crippen molar-refractivity contribution in [2.45, 2.75) is 13.5 Å². The smallest absolute Gasteiger partial charge is 0.138 e. The number of ether oxygens (including phenoxy) is 1. The van der Waals surface area contributed by atoms with Gasteiger partial charge in [0.25, 0.3) is 0 Å². The molecule has 2 N–H and O–H groups in total. The van der Waals surface area contributed by atoms with Crippen LogP contribution in [0, 0.1) is 6.92 Å². The van der Waals surface area contributed by atoms with Gasteiger partial charge in [0.05, 0.1) is 5.02 Å². The molecular formula is C15H14ClNOS. The van der Waals surface area contributed by atoms with Crippen molar-refractivity contribution in [1.82, 2.24) is 0 Å². The topological polar surface area (TPSA) is 35.2 Å². The number of hydrogen-bond donors (Lipinski definition) is 1. The molecule has 0 radical (unpaired) electrons. The van der Waals surface area contributed by atoms with E-state index in [-0.39, 0.29) is 0 Å². The van der Waals surface area contributed by atoms with Crippen molar-refractivity contribution in [3.05, 3.63) is 64.2 Å². The molecule has 2 aromatic carbocycles. The average Bonchev–Trinajstić information content (AvgIpc) is 2.40. The lowest BCUT2D eigenvalue weighted by Crippen LogP contribution is -2.09. The van der Waals surface area contributed by atoms with Gasteiger partial charge in [-0.05, 0) is 30.2 Å². The molecule has 0 aromatic heterocycles. The maximum atomic E-state index is 6.07. The van der Waals surface area contributed by atoms with Crippen molar-refractivity contribution in [3.8, 4) is 5.75 Å². The first kappa shape index (κ1) is 13.8. The summed E-state index contributed by atoms with van der Waals surface area (Å²) in [5, 5.41) is 0.616. The van der Waals surface area contributed by atoms with Crippen LogP contribution in [-0.4, -0.2) is 4.99 Å².